The fourth-order valence-electron chi connectivity index (χ4n) is 3.47. The van der Waals surface area contributed by atoms with Gasteiger partial charge >= 0.3 is 0 Å². The number of benzene rings is 2. The molecule has 0 saturated carbocycles. The Balaban J connectivity index is 1.87. The minimum absolute atomic E-state index is 0.430. The molecule has 2 aromatic rings. The highest BCUT2D eigenvalue weighted by Gasteiger charge is 2.18. The normalized spacial score (nSPS) is 18.0. The van der Waals surface area contributed by atoms with E-state index in [1.54, 1.807) is 0 Å². The molecule has 21 heavy (non-hydrogen) atoms. The Morgan fingerprint density at radius 2 is 1.76 bits per heavy atom. The minimum Gasteiger partial charge on any atom is -0.309 e. The van der Waals surface area contributed by atoms with Gasteiger partial charge in [0.05, 0.1) is 0 Å². The lowest BCUT2D eigenvalue weighted by Gasteiger charge is -2.31. The van der Waals surface area contributed by atoms with Gasteiger partial charge in [0, 0.05) is 12.6 Å². The summed E-state index contributed by atoms with van der Waals surface area (Å²) in [5.74, 6) is 0. The first-order valence-electron chi connectivity index (χ1n) is 8.32. The summed E-state index contributed by atoms with van der Waals surface area (Å²) in [7, 11) is 0. The molecule has 0 bridgehead atoms. The first-order chi connectivity index (χ1) is 10.4. The number of rotatable bonds is 5. The molecule has 0 radical (unpaired) electrons. The Bertz CT molecular complexity index is 567. The van der Waals surface area contributed by atoms with Crippen LogP contribution in [0, 0.1) is 0 Å². The van der Waals surface area contributed by atoms with Crippen molar-refractivity contribution in [3.63, 3.8) is 0 Å². The molecule has 1 heterocycles. The summed E-state index contributed by atoms with van der Waals surface area (Å²) in [5, 5.41) is 6.43. The molecule has 1 fully saturated rings. The van der Waals surface area contributed by atoms with Crippen LogP contribution in [0.5, 0.6) is 0 Å². The van der Waals surface area contributed by atoms with Gasteiger partial charge in [0.1, 0.15) is 0 Å². The van der Waals surface area contributed by atoms with Crippen LogP contribution in [0.1, 0.15) is 37.8 Å². The van der Waals surface area contributed by atoms with Crippen LogP contribution >= 0.6 is 0 Å². The third-order valence-electron chi connectivity index (χ3n) is 4.54. The summed E-state index contributed by atoms with van der Waals surface area (Å²) < 4.78 is 0. The number of hydrogen-bond acceptors (Lipinski definition) is 2. The Kier molecular flexibility index (Phi) is 4.89. The van der Waals surface area contributed by atoms with Gasteiger partial charge in [-0.15, -0.1) is 0 Å². The molecular weight excluding hydrogens is 256 g/mol. The summed E-state index contributed by atoms with van der Waals surface area (Å²) in [5.41, 5.74) is 1.44. The summed E-state index contributed by atoms with van der Waals surface area (Å²) in [6.45, 7) is 6.86. The predicted molar refractivity (Wildman–Crippen MR) is 90.7 cm³/mol. The molecule has 1 unspecified atom stereocenters. The van der Waals surface area contributed by atoms with E-state index in [1.165, 1.54) is 48.7 Å². The van der Waals surface area contributed by atoms with Gasteiger partial charge < -0.3 is 10.2 Å². The largest absolute Gasteiger partial charge is 0.309 e. The lowest BCUT2D eigenvalue weighted by molar-refractivity contribution is 0.206. The lowest BCUT2D eigenvalue weighted by Crippen LogP contribution is -2.38. The number of likely N-dealkylation sites (N-methyl/N-ethyl adjacent to an activating group) is 1. The minimum atomic E-state index is 0.430. The maximum atomic E-state index is 3.70. The maximum Gasteiger partial charge on any atom is 0.0455 e. The molecule has 2 heteroatoms. The average molecular weight is 282 g/mol. The second-order valence-corrected chi connectivity index (χ2v) is 6.04. The third kappa shape index (κ3) is 3.45. The van der Waals surface area contributed by atoms with Crippen LogP contribution in [-0.2, 0) is 0 Å². The summed E-state index contributed by atoms with van der Waals surface area (Å²) >= 11 is 0. The average Bonchev–Trinajstić information content (AvgIpc) is 2.55. The van der Waals surface area contributed by atoms with Crippen LogP contribution < -0.4 is 5.32 Å². The van der Waals surface area contributed by atoms with E-state index in [9.17, 15) is 0 Å². The van der Waals surface area contributed by atoms with E-state index in [1.807, 2.05) is 0 Å². The Labute approximate surface area is 128 Å². The van der Waals surface area contributed by atoms with Crippen molar-refractivity contribution in [3.05, 3.63) is 48.0 Å². The molecule has 2 aromatic carbocycles. The van der Waals surface area contributed by atoms with Gasteiger partial charge in [0.2, 0.25) is 0 Å². The standard InChI is InChI=1S/C19H26N2/c1-2-20-19(15-21-13-6-3-7-14-21)18-12-8-10-16-9-4-5-11-17(16)18/h4-5,8-12,19-20H,2-3,6-7,13-15H2,1H3. The van der Waals surface area contributed by atoms with E-state index in [0.717, 1.165) is 13.1 Å². The van der Waals surface area contributed by atoms with Crippen LogP contribution in [-0.4, -0.2) is 31.1 Å². The number of likely N-dealkylation sites (tertiary alicyclic amines) is 1. The third-order valence-corrected chi connectivity index (χ3v) is 4.54. The van der Waals surface area contributed by atoms with E-state index in [0.29, 0.717) is 6.04 Å². The van der Waals surface area contributed by atoms with E-state index in [2.05, 4.69) is 59.6 Å². The molecule has 1 aliphatic heterocycles. The molecule has 0 aromatic heterocycles. The Morgan fingerprint density at radius 3 is 2.57 bits per heavy atom. The second kappa shape index (κ2) is 7.06. The van der Waals surface area contributed by atoms with Crippen molar-refractivity contribution < 1.29 is 0 Å². The van der Waals surface area contributed by atoms with E-state index in [-0.39, 0.29) is 0 Å². The van der Waals surface area contributed by atoms with Crippen LogP contribution in [0.4, 0.5) is 0 Å². The Hall–Kier alpha value is -1.38. The molecule has 1 atom stereocenters. The van der Waals surface area contributed by atoms with E-state index >= 15 is 0 Å². The van der Waals surface area contributed by atoms with Crippen molar-refractivity contribution in [3.8, 4) is 0 Å². The fourth-order valence-corrected chi connectivity index (χ4v) is 3.47. The van der Waals surface area contributed by atoms with Gasteiger partial charge in [0.15, 0.2) is 0 Å². The van der Waals surface area contributed by atoms with Crippen molar-refractivity contribution in [2.45, 2.75) is 32.2 Å². The molecule has 2 nitrogen and oxygen atoms in total. The van der Waals surface area contributed by atoms with Crippen LogP contribution in [0.3, 0.4) is 0 Å². The monoisotopic (exact) mass is 282 g/mol. The van der Waals surface area contributed by atoms with Crippen molar-refractivity contribution in [1.29, 1.82) is 0 Å². The van der Waals surface area contributed by atoms with Crippen LogP contribution in [0.2, 0.25) is 0 Å². The van der Waals surface area contributed by atoms with Crippen molar-refractivity contribution in [1.82, 2.24) is 10.2 Å². The zero-order valence-electron chi connectivity index (χ0n) is 13.0. The molecular formula is C19H26N2. The van der Waals surface area contributed by atoms with Gasteiger partial charge in [-0.05, 0) is 48.8 Å². The molecule has 112 valence electrons. The van der Waals surface area contributed by atoms with Gasteiger partial charge in [-0.1, -0.05) is 55.8 Å². The number of piperidine rings is 1. The van der Waals surface area contributed by atoms with Gasteiger partial charge in [-0.2, -0.15) is 0 Å². The first kappa shape index (κ1) is 14.6. The quantitative estimate of drug-likeness (QED) is 0.892. The molecule has 1 aliphatic rings. The summed E-state index contributed by atoms with van der Waals surface area (Å²) in [6, 6.07) is 15.9. The van der Waals surface area contributed by atoms with Crippen molar-refractivity contribution in [2.75, 3.05) is 26.2 Å². The molecule has 0 spiro atoms. The predicted octanol–water partition coefficient (Wildman–Crippen LogP) is 3.98. The van der Waals surface area contributed by atoms with Gasteiger partial charge in [-0.25, -0.2) is 0 Å². The zero-order chi connectivity index (χ0) is 14.5. The summed E-state index contributed by atoms with van der Waals surface area (Å²) in [6.07, 6.45) is 4.11. The highest BCUT2D eigenvalue weighted by molar-refractivity contribution is 5.86. The number of nitrogens with one attached hydrogen (secondary N) is 1. The SMILES string of the molecule is CCNC(CN1CCCCC1)c1cccc2ccccc12. The first-order valence-corrected chi connectivity index (χ1v) is 8.32. The molecule has 1 saturated heterocycles. The molecule has 0 amide bonds. The van der Waals surface area contributed by atoms with E-state index in [4.69, 9.17) is 0 Å². The van der Waals surface area contributed by atoms with Gasteiger partial charge in [0.25, 0.3) is 0 Å². The second-order valence-electron chi connectivity index (χ2n) is 6.04. The van der Waals surface area contributed by atoms with E-state index < -0.39 is 0 Å². The summed E-state index contributed by atoms with van der Waals surface area (Å²) in [4.78, 5) is 2.62. The van der Waals surface area contributed by atoms with Crippen molar-refractivity contribution >= 4 is 10.8 Å². The number of fused-ring (bicyclic) bond motifs is 1. The van der Waals surface area contributed by atoms with Crippen molar-refractivity contribution in [2.24, 2.45) is 0 Å². The number of hydrogen-bond donors (Lipinski definition) is 1. The van der Waals surface area contributed by atoms with Crippen LogP contribution in [0.25, 0.3) is 10.8 Å². The fraction of sp³-hybridized carbons (Fsp3) is 0.474. The zero-order valence-corrected chi connectivity index (χ0v) is 13.0. The molecule has 0 aliphatic carbocycles. The molecule has 1 N–H and O–H groups in total. The van der Waals surface area contributed by atoms with Crippen LogP contribution in [0.15, 0.2) is 42.5 Å². The highest BCUT2D eigenvalue weighted by atomic mass is 15.1. The topological polar surface area (TPSA) is 15.3 Å². The Morgan fingerprint density at radius 1 is 1.00 bits per heavy atom. The molecule has 3 rings (SSSR count). The maximum absolute atomic E-state index is 3.70. The lowest BCUT2D eigenvalue weighted by atomic mass is 9.97. The highest BCUT2D eigenvalue weighted by Crippen LogP contribution is 2.25. The number of nitrogens with zero attached hydrogens (tertiary/aromatic N) is 1. The smallest absolute Gasteiger partial charge is 0.0455 e. The van der Waals surface area contributed by atoms with Gasteiger partial charge in [-0.3, -0.25) is 0 Å².